The highest BCUT2D eigenvalue weighted by Crippen LogP contribution is 2.27. The van der Waals surface area contributed by atoms with Gasteiger partial charge in [0.25, 0.3) is 0 Å². The van der Waals surface area contributed by atoms with Gasteiger partial charge in [-0.15, -0.1) is 6.58 Å². The molecule has 0 fully saturated rings. The molecule has 0 spiro atoms. The SMILES string of the molecule is C/C=C/CCCC.C=CCBr.CC=N/C=C(\N)Oc1ccc(C(CNC)c2ccc(/C(C=N)=C/N)cc2)cc1.c1ccc(Oc2cnccn2)cc1. The van der Waals surface area contributed by atoms with E-state index in [2.05, 4.69) is 80.9 Å². The molecule has 3 aromatic carbocycles. The Morgan fingerprint density at radius 2 is 1.65 bits per heavy atom. The maximum absolute atomic E-state index is 7.43. The quantitative estimate of drug-likeness (QED) is 0.0310. The molecule has 6 N–H and O–H groups in total. The molecular weight excluding hydrogens is 714 g/mol. The number of aliphatic imine (C=N–C) groups is 1. The van der Waals surface area contributed by atoms with Gasteiger partial charge in [-0.2, -0.15) is 0 Å². The van der Waals surface area contributed by atoms with Crippen LogP contribution in [0.3, 0.4) is 0 Å². The van der Waals surface area contributed by atoms with Gasteiger partial charge in [0, 0.05) is 54.4 Å². The van der Waals surface area contributed by atoms with Crippen LogP contribution in [0, 0.1) is 5.41 Å². The molecule has 1 unspecified atom stereocenters. The van der Waals surface area contributed by atoms with Crippen molar-refractivity contribution in [3.63, 3.8) is 0 Å². The molecule has 276 valence electrons. The number of benzene rings is 3. The number of ether oxygens (including phenoxy) is 2. The van der Waals surface area contributed by atoms with Gasteiger partial charge in [-0.25, -0.2) is 4.98 Å². The fourth-order valence-corrected chi connectivity index (χ4v) is 4.28. The Morgan fingerprint density at radius 1 is 1.00 bits per heavy atom. The topological polar surface area (TPSA) is 145 Å². The summed E-state index contributed by atoms with van der Waals surface area (Å²) in [5, 5.41) is 11.6. The zero-order chi connectivity index (χ0) is 38.2. The van der Waals surface area contributed by atoms with Gasteiger partial charge in [-0.05, 0) is 68.3 Å². The smallest absolute Gasteiger partial charge is 0.237 e. The number of hydrogen-bond donors (Lipinski definition) is 4. The highest BCUT2D eigenvalue weighted by atomic mass is 79.9. The minimum atomic E-state index is 0.177. The molecule has 0 aliphatic carbocycles. The lowest BCUT2D eigenvalue weighted by molar-refractivity contribution is 0.418. The molecule has 4 aromatic rings. The second-order valence-electron chi connectivity index (χ2n) is 10.7. The Morgan fingerprint density at radius 3 is 2.15 bits per heavy atom. The van der Waals surface area contributed by atoms with Crippen LogP contribution >= 0.6 is 15.9 Å². The van der Waals surface area contributed by atoms with Crippen molar-refractivity contribution in [2.24, 2.45) is 16.5 Å². The van der Waals surface area contributed by atoms with Crippen molar-refractivity contribution in [1.29, 1.82) is 5.41 Å². The maximum Gasteiger partial charge on any atom is 0.237 e. The van der Waals surface area contributed by atoms with Crippen molar-refractivity contribution < 1.29 is 9.47 Å². The number of aromatic nitrogens is 2. The molecule has 1 atom stereocenters. The molecular formula is C42H54BrN7O2. The van der Waals surface area contributed by atoms with Gasteiger partial charge in [0.15, 0.2) is 0 Å². The number of unbranched alkanes of at least 4 members (excludes halogenated alkanes) is 2. The van der Waals surface area contributed by atoms with Gasteiger partial charge >= 0.3 is 0 Å². The predicted octanol–water partition coefficient (Wildman–Crippen LogP) is 9.80. The summed E-state index contributed by atoms with van der Waals surface area (Å²) in [6.45, 7) is 10.3. The van der Waals surface area contributed by atoms with E-state index in [-0.39, 0.29) is 11.8 Å². The average Bonchev–Trinajstić information content (AvgIpc) is 3.19. The van der Waals surface area contributed by atoms with E-state index in [4.69, 9.17) is 26.4 Å². The summed E-state index contributed by atoms with van der Waals surface area (Å²) in [4.78, 5) is 11.8. The van der Waals surface area contributed by atoms with Crippen LogP contribution in [0.5, 0.6) is 17.4 Å². The molecule has 1 heterocycles. The number of para-hydroxylation sites is 1. The minimum absolute atomic E-state index is 0.177. The second-order valence-corrected chi connectivity index (χ2v) is 11.4. The second kappa shape index (κ2) is 29.4. The minimum Gasteiger partial charge on any atom is -0.440 e. The lowest BCUT2D eigenvalue weighted by Gasteiger charge is -2.19. The molecule has 0 aliphatic rings. The first kappa shape index (κ1) is 44.7. The third kappa shape index (κ3) is 19.2. The summed E-state index contributed by atoms with van der Waals surface area (Å²) < 4.78 is 11.0. The van der Waals surface area contributed by atoms with Gasteiger partial charge in [0.2, 0.25) is 11.8 Å². The third-order valence-corrected chi connectivity index (χ3v) is 7.29. The number of allylic oxidation sites excluding steroid dienone is 4. The molecule has 0 bridgehead atoms. The Balaban J connectivity index is 0.000000458. The van der Waals surface area contributed by atoms with Crippen LogP contribution in [-0.4, -0.2) is 41.3 Å². The zero-order valence-electron chi connectivity index (χ0n) is 30.8. The van der Waals surface area contributed by atoms with Crippen LogP contribution in [0.15, 0.2) is 146 Å². The fraction of sp³-hybridized carbons (Fsp3) is 0.238. The van der Waals surface area contributed by atoms with E-state index < -0.39 is 0 Å². The van der Waals surface area contributed by atoms with Crippen molar-refractivity contribution in [3.05, 3.63) is 157 Å². The van der Waals surface area contributed by atoms with Gasteiger partial charge in [0.1, 0.15) is 11.5 Å². The van der Waals surface area contributed by atoms with E-state index in [0.29, 0.717) is 17.2 Å². The fourth-order valence-electron chi connectivity index (χ4n) is 4.28. The highest BCUT2D eigenvalue weighted by Gasteiger charge is 2.14. The lowest BCUT2D eigenvalue weighted by atomic mass is 9.90. The van der Waals surface area contributed by atoms with E-state index >= 15 is 0 Å². The number of rotatable bonds is 15. The summed E-state index contributed by atoms with van der Waals surface area (Å²) in [5.74, 6) is 2.35. The predicted molar refractivity (Wildman–Crippen MR) is 224 cm³/mol. The Kier molecular flexibility index (Phi) is 25.3. The van der Waals surface area contributed by atoms with Crippen molar-refractivity contribution in [2.75, 3.05) is 18.9 Å². The summed E-state index contributed by atoms with van der Waals surface area (Å²) in [6, 6.07) is 25.5. The van der Waals surface area contributed by atoms with Crippen molar-refractivity contribution >= 4 is 33.9 Å². The standard InChI is InChI=1S/C22H27N5O.C10H8N2O.C7H14.C3H5Br/c1-3-27-15-22(25)28-20-10-8-18(9-11-20)21(14-26-2)17-6-4-16(5-7-17)19(12-23)13-24;1-2-4-9(5-3-1)13-10-8-11-6-7-12-10;1-3-5-7-6-4-2;1-2-3-4/h3-13,15,21,23,26H,14,24-25H2,1-2H3;1-8H;3,5H,4,6-7H2,1-2H3;2H,1,3H2/b19-13+,22-15+,23-12?,27-3?;;5-3+;. The molecule has 10 heteroatoms. The van der Waals surface area contributed by atoms with Crippen molar-refractivity contribution in [1.82, 2.24) is 15.3 Å². The zero-order valence-corrected chi connectivity index (χ0v) is 32.4. The highest BCUT2D eigenvalue weighted by molar-refractivity contribution is 9.09. The van der Waals surface area contributed by atoms with E-state index in [9.17, 15) is 0 Å². The lowest BCUT2D eigenvalue weighted by Crippen LogP contribution is -2.18. The first-order valence-corrected chi connectivity index (χ1v) is 18.2. The summed E-state index contributed by atoms with van der Waals surface area (Å²) >= 11 is 3.13. The van der Waals surface area contributed by atoms with Crippen LogP contribution in [-0.2, 0) is 0 Å². The van der Waals surface area contributed by atoms with Crippen LogP contribution in [0.4, 0.5) is 0 Å². The largest absolute Gasteiger partial charge is 0.440 e. The molecule has 4 rings (SSSR count). The number of halogens is 1. The van der Waals surface area contributed by atoms with E-state index in [1.165, 1.54) is 43.4 Å². The first-order valence-electron chi connectivity index (χ1n) is 17.1. The molecule has 9 nitrogen and oxygen atoms in total. The van der Waals surface area contributed by atoms with Gasteiger partial charge < -0.3 is 31.7 Å². The number of likely N-dealkylation sites (N-methyl/N-ethyl adjacent to an activating group) is 1. The third-order valence-electron chi connectivity index (χ3n) is 6.83. The normalized spacial score (nSPS) is 11.6. The molecule has 0 amide bonds. The number of nitrogens with two attached hydrogens (primary N) is 2. The summed E-state index contributed by atoms with van der Waals surface area (Å²) in [5.41, 5.74) is 15.3. The van der Waals surface area contributed by atoms with Gasteiger partial charge in [0.05, 0.1) is 12.4 Å². The van der Waals surface area contributed by atoms with Gasteiger partial charge in [-0.3, -0.25) is 9.98 Å². The first-order chi connectivity index (χ1) is 25.4. The van der Waals surface area contributed by atoms with E-state index in [1.54, 1.807) is 30.9 Å². The number of alkyl halides is 1. The van der Waals surface area contributed by atoms with E-state index in [1.807, 2.05) is 80.7 Å². The summed E-state index contributed by atoms with van der Waals surface area (Å²) in [7, 11) is 1.93. The number of nitrogens with zero attached hydrogens (tertiary/aromatic N) is 3. The van der Waals surface area contributed by atoms with Gasteiger partial charge in [-0.1, -0.05) is 109 Å². The summed E-state index contributed by atoms with van der Waals surface area (Å²) in [6.07, 6.45) is 20.6. The Bertz CT molecular complexity index is 1590. The molecule has 52 heavy (non-hydrogen) atoms. The average molecular weight is 769 g/mol. The van der Waals surface area contributed by atoms with Crippen molar-refractivity contribution in [2.45, 2.75) is 46.0 Å². The molecule has 0 radical (unpaired) electrons. The van der Waals surface area contributed by atoms with Crippen LogP contribution in [0.1, 0.15) is 62.6 Å². The van der Waals surface area contributed by atoms with Crippen LogP contribution in [0.25, 0.3) is 5.57 Å². The molecule has 1 aromatic heterocycles. The Hall–Kier alpha value is -5.32. The monoisotopic (exact) mass is 767 g/mol. The number of hydrogen-bond acceptors (Lipinski definition) is 9. The Labute approximate surface area is 319 Å². The van der Waals surface area contributed by atoms with Crippen LogP contribution in [0.2, 0.25) is 0 Å². The number of nitrogens with one attached hydrogen (secondary N) is 2. The molecule has 0 saturated carbocycles. The maximum atomic E-state index is 7.43. The van der Waals surface area contributed by atoms with Crippen molar-refractivity contribution in [3.8, 4) is 17.4 Å². The van der Waals surface area contributed by atoms with Crippen LogP contribution < -0.4 is 26.3 Å². The van der Waals surface area contributed by atoms with E-state index in [0.717, 1.165) is 28.8 Å². The molecule has 0 aliphatic heterocycles. The molecule has 0 saturated heterocycles.